The molecule has 1 fully saturated rings. The van der Waals surface area contributed by atoms with Gasteiger partial charge >= 0.3 is 12.2 Å². The van der Waals surface area contributed by atoms with Gasteiger partial charge in [0.15, 0.2) is 5.82 Å². The molecule has 0 aromatic carbocycles. The van der Waals surface area contributed by atoms with E-state index in [1.807, 2.05) is 72.9 Å². The van der Waals surface area contributed by atoms with Gasteiger partial charge in [0.2, 0.25) is 5.28 Å². The van der Waals surface area contributed by atoms with Gasteiger partial charge in [-0.25, -0.2) is 14.1 Å². The summed E-state index contributed by atoms with van der Waals surface area (Å²) in [5, 5.41) is 9.43. The van der Waals surface area contributed by atoms with Crippen LogP contribution < -0.4 is 10.2 Å². The fourth-order valence-corrected chi connectivity index (χ4v) is 5.70. The van der Waals surface area contributed by atoms with Crippen LogP contribution in [0.3, 0.4) is 0 Å². The minimum atomic E-state index is -0.716. The van der Waals surface area contributed by atoms with Crippen LogP contribution in [0, 0.1) is 13.8 Å². The third-order valence-corrected chi connectivity index (χ3v) is 7.36. The number of carbonyl (C=O) groups is 2. The molecule has 0 bridgehead atoms. The van der Waals surface area contributed by atoms with Crippen LogP contribution >= 0.6 is 22.9 Å². The second-order valence-corrected chi connectivity index (χ2v) is 13.3. The van der Waals surface area contributed by atoms with Crippen molar-refractivity contribution in [2.75, 3.05) is 11.5 Å². The Bertz CT molecular complexity index is 1380. The number of amides is 2. The van der Waals surface area contributed by atoms with Crippen molar-refractivity contribution < 1.29 is 23.8 Å². The molecule has 218 valence electrons. The minimum Gasteiger partial charge on any atom is -0.444 e. The van der Waals surface area contributed by atoms with Gasteiger partial charge in [-0.15, -0.1) is 16.4 Å². The first-order valence-corrected chi connectivity index (χ1v) is 14.6. The molecular formula is C28H38ClN5O5S. The van der Waals surface area contributed by atoms with Crippen molar-refractivity contribution in [3.05, 3.63) is 44.5 Å². The highest BCUT2D eigenvalue weighted by atomic mass is 35.5. The van der Waals surface area contributed by atoms with Crippen LogP contribution in [-0.2, 0) is 20.8 Å². The van der Waals surface area contributed by atoms with Crippen molar-refractivity contribution in [1.29, 1.82) is 0 Å². The molecule has 10 nitrogen and oxygen atoms in total. The van der Waals surface area contributed by atoms with Crippen molar-refractivity contribution in [2.24, 2.45) is 0 Å². The first-order valence-electron chi connectivity index (χ1n) is 13.3. The number of hydrogen-bond donors (Lipinski definition) is 1. The van der Waals surface area contributed by atoms with Gasteiger partial charge in [0, 0.05) is 22.7 Å². The normalized spacial score (nSPS) is 18.0. The van der Waals surface area contributed by atoms with Crippen LogP contribution in [0.5, 0.6) is 0 Å². The van der Waals surface area contributed by atoms with E-state index in [0.29, 0.717) is 17.9 Å². The van der Waals surface area contributed by atoms with E-state index in [2.05, 4.69) is 15.4 Å². The second-order valence-electron chi connectivity index (χ2n) is 11.9. The maximum Gasteiger partial charge on any atom is 0.416 e. The number of aryl methyl sites for hydroxylation is 2. The monoisotopic (exact) mass is 591 g/mol. The van der Waals surface area contributed by atoms with Crippen molar-refractivity contribution in [3.8, 4) is 0 Å². The highest BCUT2D eigenvalue weighted by Gasteiger charge is 2.36. The summed E-state index contributed by atoms with van der Waals surface area (Å²) in [7, 11) is 0. The number of aromatic nitrogens is 3. The molecule has 3 aromatic rings. The van der Waals surface area contributed by atoms with Gasteiger partial charge in [-0.1, -0.05) is 6.07 Å². The van der Waals surface area contributed by atoms with Gasteiger partial charge in [-0.3, -0.25) is 4.90 Å². The number of anilines is 1. The fourth-order valence-electron chi connectivity index (χ4n) is 4.85. The number of hydrogen-bond acceptors (Lipinski definition) is 8. The van der Waals surface area contributed by atoms with E-state index in [1.54, 1.807) is 4.52 Å². The summed E-state index contributed by atoms with van der Waals surface area (Å²) < 4.78 is 19.3. The van der Waals surface area contributed by atoms with E-state index in [1.165, 1.54) is 16.2 Å². The maximum atomic E-state index is 13.5. The molecule has 4 heterocycles. The largest absolute Gasteiger partial charge is 0.444 e. The van der Waals surface area contributed by atoms with E-state index < -0.39 is 29.5 Å². The predicted molar refractivity (Wildman–Crippen MR) is 155 cm³/mol. The Hall–Kier alpha value is -2.89. The second kappa shape index (κ2) is 11.5. The zero-order chi connectivity index (χ0) is 29.4. The number of nitrogens with one attached hydrogen (secondary N) is 1. The number of nitrogens with zero attached hydrogens (tertiary/aromatic N) is 4. The van der Waals surface area contributed by atoms with Crippen molar-refractivity contribution in [1.82, 2.24) is 19.9 Å². The summed E-state index contributed by atoms with van der Waals surface area (Å²) in [5.41, 5.74) is 1.74. The van der Waals surface area contributed by atoms with Gasteiger partial charge < -0.3 is 19.5 Å². The van der Waals surface area contributed by atoms with Gasteiger partial charge in [-0.2, -0.15) is 4.98 Å². The van der Waals surface area contributed by atoms with Crippen LogP contribution in [-0.4, -0.2) is 50.6 Å². The topological polar surface area (TPSA) is 107 Å². The molecule has 12 heteroatoms. The maximum absolute atomic E-state index is 13.5. The molecule has 3 aromatic heterocycles. The number of alkyl carbamates (subject to hydrolysis) is 1. The SMILES string of the molecule is Cc1c([C@H]2OCCC[C@@H]2NC(=O)OC(C)(C)C)c(C)n2nc(Cl)nc(N(Cc3cccs3)C(=O)OC(C)(C)C)c12. The summed E-state index contributed by atoms with van der Waals surface area (Å²) in [6, 6.07) is 3.56. The fraction of sp³-hybridized carbons (Fsp3) is 0.571. The van der Waals surface area contributed by atoms with E-state index >= 15 is 0 Å². The molecule has 0 unspecified atom stereocenters. The summed E-state index contributed by atoms with van der Waals surface area (Å²) in [4.78, 5) is 33.2. The van der Waals surface area contributed by atoms with Crippen LogP contribution in [0.25, 0.3) is 5.52 Å². The molecule has 1 aliphatic rings. The Morgan fingerprint density at radius 1 is 1.20 bits per heavy atom. The molecule has 0 radical (unpaired) electrons. The van der Waals surface area contributed by atoms with E-state index in [0.717, 1.165) is 34.5 Å². The quantitative estimate of drug-likeness (QED) is 0.350. The molecule has 1 N–H and O–H groups in total. The molecule has 4 rings (SSSR count). The van der Waals surface area contributed by atoms with Gasteiger partial charge in [0.25, 0.3) is 0 Å². The number of halogens is 1. The van der Waals surface area contributed by atoms with E-state index in [4.69, 9.17) is 25.8 Å². The lowest BCUT2D eigenvalue weighted by atomic mass is 9.93. The summed E-state index contributed by atoms with van der Waals surface area (Å²) in [6.07, 6.45) is 0.0173. The number of ether oxygens (including phenoxy) is 3. The molecule has 40 heavy (non-hydrogen) atoms. The molecule has 2 atom stereocenters. The molecule has 1 aliphatic heterocycles. The summed E-state index contributed by atoms with van der Waals surface area (Å²) in [6.45, 7) is 15.6. The zero-order valence-electron chi connectivity index (χ0n) is 24.3. The highest BCUT2D eigenvalue weighted by Crippen LogP contribution is 2.39. The summed E-state index contributed by atoms with van der Waals surface area (Å²) in [5.74, 6) is 0.335. The van der Waals surface area contributed by atoms with Crippen LogP contribution in [0.2, 0.25) is 5.28 Å². The lowest BCUT2D eigenvalue weighted by Crippen LogP contribution is -2.45. The lowest BCUT2D eigenvalue weighted by Gasteiger charge is -2.33. The Kier molecular flexibility index (Phi) is 8.68. The molecular weight excluding hydrogens is 554 g/mol. The van der Waals surface area contributed by atoms with E-state index in [-0.39, 0.29) is 17.9 Å². The molecule has 0 spiro atoms. The van der Waals surface area contributed by atoms with Crippen LogP contribution in [0.4, 0.5) is 15.4 Å². The Morgan fingerprint density at radius 2 is 1.90 bits per heavy atom. The Labute approximate surface area is 243 Å². The number of rotatable bonds is 5. The third kappa shape index (κ3) is 6.87. The molecule has 0 saturated carbocycles. The number of fused-ring (bicyclic) bond motifs is 1. The first-order chi connectivity index (χ1) is 18.6. The van der Waals surface area contributed by atoms with Crippen LogP contribution in [0.15, 0.2) is 17.5 Å². The van der Waals surface area contributed by atoms with Gasteiger partial charge in [0.05, 0.1) is 12.6 Å². The minimum absolute atomic E-state index is 0.0140. The Balaban J connectivity index is 1.81. The standard InChI is InChI=1S/C28H38ClN5O5S/c1-16-20(22-19(12-9-13-37-22)30-25(35)38-27(3,4)5)17(2)34-21(16)23(31-24(29)32-34)33(15-18-11-10-14-40-18)26(36)39-28(6,7)8/h10-11,14,19,22H,9,12-13,15H2,1-8H3,(H,30,35)/t19-,22-/m0/s1. The van der Waals surface area contributed by atoms with Gasteiger partial charge in [0.1, 0.15) is 22.8 Å². The molecule has 1 saturated heterocycles. The molecule has 2 amide bonds. The van der Waals surface area contributed by atoms with Crippen molar-refractivity contribution in [3.63, 3.8) is 0 Å². The van der Waals surface area contributed by atoms with Crippen LogP contribution in [0.1, 0.15) is 82.2 Å². The summed E-state index contributed by atoms with van der Waals surface area (Å²) >= 11 is 7.97. The van der Waals surface area contributed by atoms with Crippen molar-refractivity contribution >= 4 is 46.5 Å². The van der Waals surface area contributed by atoms with Crippen molar-refractivity contribution in [2.45, 2.75) is 98.1 Å². The Morgan fingerprint density at radius 3 is 2.52 bits per heavy atom. The number of carbonyl (C=O) groups excluding carboxylic acids is 2. The van der Waals surface area contributed by atoms with Gasteiger partial charge in [-0.05, 0) is 96.8 Å². The van der Waals surface area contributed by atoms with E-state index in [9.17, 15) is 9.59 Å². The number of thiophene rings is 1. The highest BCUT2D eigenvalue weighted by molar-refractivity contribution is 7.09. The lowest BCUT2D eigenvalue weighted by molar-refractivity contribution is -0.0169. The average Bonchev–Trinajstić information content (AvgIpc) is 3.41. The molecule has 0 aliphatic carbocycles. The third-order valence-electron chi connectivity index (χ3n) is 6.34. The smallest absolute Gasteiger partial charge is 0.416 e. The first kappa shape index (κ1) is 30.1. The predicted octanol–water partition coefficient (Wildman–Crippen LogP) is 6.75. The average molecular weight is 592 g/mol. The zero-order valence-corrected chi connectivity index (χ0v) is 25.9.